The van der Waals surface area contributed by atoms with Crippen LogP contribution in [0.5, 0.6) is 0 Å². The molecule has 0 bridgehead atoms. The Morgan fingerprint density at radius 2 is 1.23 bits per heavy atom. The fourth-order valence-electron chi connectivity index (χ4n) is 4.04. The van der Waals surface area contributed by atoms with Crippen LogP contribution >= 0.6 is 0 Å². The fourth-order valence-corrected chi connectivity index (χ4v) is 4.04. The van der Waals surface area contributed by atoms with E-state index in [1.165, 1.54) is 70.6 Å². The van der Waals surface area contributed by atoms with Gasteiger partial charge in [0.1, 0.15) is 0 Å². The molecule has 2 atom stereocenters. The van der Waals surface area contributed by atoms with Crippen LogP contribution in [-0.2, 0) is 4.79 Å². The monoisotopic (exact) mass is 308 g/mol. The zero-order chi connectivity index (χ0) is 15.6. The van der Waals surface area contributed by atoms with E-state index in [1.807, 2.05) is 0 Å². The molecular formula is C19H36N2O. The predicted molar refractivity (Wildman–Crippen MR) is 92.7 cm³/mol. The first kappa shape index (κ1) is 17.8. The van der Waals surface area contributed by atoms with Crippen molar-refractivity contribution < 1.29 is 4.79 Å². The molecule has 2 aliphatic carbocycles. The maximum absolute atomic E-state index is 12.7. The van der Waals surface area contributed by atoms with Crippen LogP contribution in [0.3, 0.4) is 0 Å². The van der Waals surface area contributed by atoms with E-state index in [-0.39, 0.29) is 5.92 Å². The third-order valence-electron chi connectivity index (χ3n) is 5.59. The molecule has 0 saturated heterocycles. The van der Waals surface area contributed by atoms with Crippen LogP contribution in [0.1, 0.15) is 96.3 Å². The molecule has 3 heteroatoms. The minimum absolute atomic E-state index is 0.205. The average Bonchev–Trinajstić information content (AvgIpc) is 2.69. The third-order valence-corrected chi connectivity index (χ3v) is 5.59. The van der Waals surface area contributed by atoms with Crippen LogP contribution < -0.4 is 11.1 Å². The summed E-state index contributed by atoms with van der Waals surface area (Å²) in [6.07, 6.45) is 18.2. The molecule has 2 aliphatic rings. The molecule has 2 unspecified atom stereocenters. The summed E-state index contributed by atoms with van der Waals surface area (Å²) >= 11 is 0. The SMILES string of the molecule is NC1CCCCCC(C(=O)NC2CCCCCCCC2)CC1. The number of amides is 1. The van der Waals surface area contributed by atoms with Gasteiger partial charge in [0.15, 0.2) is 0 Å². The maximum atomic E-state index is 12.7. The van der Waals surface area contributed by atoms with E-state index in [0.29, 0.717) is 18.0 Å². The van der Waals surface area contributed by atoms with Crippen molar-refractivity contribution in [2.75, 3.05) is 0 Å². The quantitative estimate of drug-likeness (QED) is 0.799. The van der Waals surface area contributed by atoms with Gasteiger partial charge in [-0.2, -0.15) is 0 Å². The predicted octanol–water partition coefficient (Wildman–Crippen LogP) is 4.29. The van der Waals surface area contributed by atoms with Gasteiger partial charge in [-0.15, -0.1) is 0 Å². The number of nitrogens with two attached hydrogens (primary N) is 1. The van der Waals surface area contributed by atoms with E-state index >= 15 is 0 Å². The lowest BCUT2D eigenvalue weighted by atomic mass is 9.94. The van der Waals surface area contributed by atoms with Crippen molar-refractivity contribution in [2.45, 2.75) is 108 Å². The Kier molecular flexibility index (Phi) is 8.28. The Bertz CT molecular complexity index is 309. The van der Waals surface area contributed by atoms with Crippen molar-refractivity contribution in [1.29, 1.82) is 0 Å². The number of rotatable bonds is 2. The molecule has 3 nitrogen and oxygen atoms in total. The van der Waals surface area contributed by atoms with Gasteiger partial charge in [-0.05, 0) is 38.5 Å². The first-order valence-electron chi connectivity index (χ1n) is 9.81. The van der Waals surface area contributed by atoms with Crippen LogP contribution in [0, 0.1) is 5.92 Å². The molecule has 2 fully saturated rings. The molecule has 0 spiro atoms. The molecule has 0 aromatic heterocycles. The highest BCUT2D eigenvalue weighted by atomic mass is 16.1. The summed E-state index contributed by atoms with van der Waals surface area (Å²) in [5.74, 6) is 0.523. The van der Waals surface area contributed by atoms with Crippen LogP contribution in [0.15, 0.2) is 0 Å². The van der Waals surface area contributed by atoms with E-state index in [1.54, 1.807) is 0 Å². The summed E-state index contributed by atoms with van der Waals surface area (Å²) in [6.45, 7) is 0. The second-order valence-electron chi connectivity index (χ2n) is 7.58. The molecular weight excluding hydrogens is 272 g/mol. The Morgan fingerprint density at radius 3 is 1.95 bits per heavy atom. The lowest BCUT2D eigenvalue weighted by Gasteiger charge is -2.23. The van der Waals surface area contributed by atoms with Crippen LogP contribution in [0.25, 0.3) is 0 Å². The second-order valence-corrected chi connectivity index (χ2v) is 7.58. The second kappa shape index (κ2) is 10.3. The van der Waals surface area contributed by atoms with Gasteiger partial charge in [0.05, 0.1) is 0 Å². The highest BCUT2D eigenvalue weighted by Gasteiger charge is 2.23. The smallest absolute Gasteiger partial charge is 0.223 e. The van der Waals surface area contributed by atoms with Gasteiger partial charge in [0.25, 0.3) is 0 Å². The molecule has 2 rings (SSSR count). The Hall–Kier alpha value is -0.570. The van der Waals surface area contributed by atoms with Crippen LogP contribution in [0.4, 0.5) is 0 Å². The zero-order valence-corrected chi connectivity index (χ0v) is 14.3. The molecule has 1 amide bonds. The van der Waals surface area contributed by atoms with Crippen LogP contribution in [0.2, 0.25) is 0 Å². The van der Waals surface area contributed by atoms with Gasteiger partial charge in [0, 0.05) is 18.0 Å². The van der Waals surface area contributed by atoms with Gasteiger partial charge in [-0.25, -0.2) is 0 Å². The molecule has 3 N–H and O–H groups in total. The number of hydrogen-bond donors (Lipinski definition) is 2. The third kappa shape index (κ3) is 6.68. The van der Waals surface area contributed by atoms with Crippen molar-refractivity contribution in [1.82, 2.24) is 5.32 Å². The van der Waals surface area contributed by atoms with E-state index in [2.05, 4.69) is 5.32 Å². The highest BCUT2D eigenvalue weighted by molar-refractivity contribution is 5.78. The summed E-state index contributed by atoms with van der Waals surface area (Å²) in [6, 6.07) is 0.727. The minimum atomic E-state index is 0.205. The topological polar surface area (TPSA) is 55.1 Å². The molecule has 128 valence electrons. The maximum Gasteiger partial charge on any atom is 0.223 e. The summed E-state index contributed by atoms with van der Waals surface area (Å²) in [4.78, 5) is 12.7. The average molecular weight is 309 g/mol. The Morgan fingerprint density at radius 1 is 0.682 bits per heavy atom. The molecule has 22 heavy (non-hydrogen) atoms. The van der Waals surface area contributed by atoms with Crippen molar-refractivity contribution in [3.05, 3.63) is 0 Å². The molecule has 0 heterocycles. The molecule has 2 saturated carbocycles. The minimum Gasteiger partial charge on any atom is -0.353 e. The summed E-state index contributed by atoms with van der Waals surface area (Å²) in [5, 5.41) is 3.39. The van der Waals surface area contributed by atoms with Crippen molar-refractivity contribution in [2.24, 2.45) is 11.7 Å². The van der Waals surface area contributed by atoms with Crippen molar-refractivity contribution in [3.63, 3.8) is 0 Å². The summed E-state index contributed by atoms with van der Waals surface area (Å²) in [5.41, 5.74) is 6.14. The highest BCUT2D eigenvalue weighted by Crippen LogP contribution is 2.23. The van der Waals surface area contributed by atoms with Gasteiger partial charge in [0.2, 0.25) is 5.91 Å². The van der Waals surface area contributed by atoms with Gasteiger partial charge >= 0.3 is 0 Å². The lowest BCUT2D eigenvalue weighted by Crippen LogP contribution is -2.39. The van der Waals surface area contributed by atoms with E-state index < -0.39 is 0 Å². The van der Waals surface area contributed by atoms with Crippen LogP contribution in [-0.4, -0.2) is 18.0 Å². The lowest BCUT2D eigenvalue weighted by molar-refractivity contribution is -0.126. The molecule has 0 radical (unpaired) electrons. The van der Waals surface area contributed by atoms with Crippen molar-refractivity contribution in [3.8, 4) is 0 Å². The van der Waals surface area contributed by atoms with Gasteiger partial charge in [-0.3, -0.25) is 4.79 Å². The summed E-state index contributed by atoms with van der Waals surface area (Å²) < 4.78 is 0. The first-order chi connectivity index (χ1) is 10.8. The molecule has 0 aromatic carbocycles. The van der Waals surface area contributed by atoms with E-state index in [4.69, 9.17) is 5.73 Å². The van der Waals surface area contributed by atoms with Crippen molar-refractivity contribution >= 4 is 5.91 Å². The Balaban J connectivity index is 1.82. The van der Waals surface area contributed by atoms with Gasteiger partial charge in [-0.1, -0.05) is 57.8 Å². The fraction of sp³-hybridized carbons (Fsp3) is 0.947. The normalized spacial score (nSPS) is 30.0. The number of nitrogens with one attached hydrogen (secondary N) is 1. The van der Waals surface area contributed by atoms with E-state index in [9.17, 15) is 4.79 Å². The van der Waals surface area contributed by atoms with Gasteiger partial charge < -0.3 is 11.1 Å². The standard InChI is InChI=1S/C19H36N2O/c20-17-11-7-5-6-10-16(14-15-17)19(22)21-18-12-8-3-1-2-4-9-13-18/h16-18H,1-15,20H2,(H,21,22). The number of carbonyl (C=O) groups excluding carboxylic acids is 1. The number of hydrogen-bond acceptors (Lipinski definition) is 2. The Labute approximate surface area is 136 Å². The largest absolute Gasteiger partial charge is 0.353 e. The number of carbonyl (C=O) groups is 1. The first-order valence-corrected chi connectivity index (χ1v) is 9.81. The zero-order valence-electron chi connectivity index (χ0n) is 14.3. The summed E-state index contributed by atoms with van der Waals surface area (Å²) in [7, 11) is 0. The molecule has 0 aromatic rings. The van der Waals surface area contributed by atoms with E-state index in [0.717, 1.165) is 25.7 Å². The molecule has 0 aliphatic heterocycles.